The molecule has 17 heavy (non-hydrogen) atoms. The van der Waals surface area contributed by atoms with E-state index in [0.717, 1.165) is 5.56 Å². The number of pyridine rings is 1. The Kier molecular flexibility index (Phi) is 3.44. The van der Waals surface area contributed by atoms with Gasteiger partial charge in [-0.3, -0.25) is 10.1 Å². The van der Waals surface area contributed by atoms with Crippen LogP contribution in [-0.2, 0) is 0 Å². The number of H-pyrrole nitrogens is 1. The third-order valence-corrected chi connectivity index (χ3v) is 3.25. The van der Waals surface area contributed by atoms with Crippen LogP contribution in [0.3, 0.4) is 0 Å². The molecule has 90 valence electrons. The molecular formula is C11H14N4OS. The van der Waals surface area contributed by atoms with Crippen LogP contribution in [0.1, 0.15) is 13.8 Å². The molecule has 0 fully saturated rings. The van der Waals surface area contributed by atoms with E-state index in [2.05, 4.69) is 20.2 Å². The van der Waals surface area contributed by atoms with Crippen molar-refractivity contribution in [1.82, 2.24) is 20.2 Å². The summed E-state index contributed by atoms with van der Waals surface area (Å²) in [5.74, 6) is 1.24. The normalized spacial score (nSPS) is 11.7. The van der Waals surface area contributed by atoms with Gasteiger partial charge in [-0.15, -0.1) is 5.10 Å². The summed E-state index contributed by atoms with van der Waals surface area (Å²) in [4.78, 5) is 8.35. The number of thioether (sulfide) groups is 1. The van der Waals surface area contributed by atoms with E-state index in [0.29, 0.717) is 16.7 Å². The van der Waals surface area contributed by atoms with Gasteiger partial charge in [0.05, 0.1) is 5.60 Å². The molecule has 0 radical (unpaired) electrons. The lowest BCUT2D eigenvalue weighted by Crippen LogP contribution is -2.21. The average molecular weight is 250 g/mol. The molecule has 0 aliphatic carbocycles. The van der Waals surface area contributed by atoms with Gasteiger partial charge >= 0.3 is 0 Å². The first-order valence-electron chi connectivity index (χ1n) is 5.22. The van der Waals surface area contributed by atoms with Crippen LogP contribution in [0.15, 0.2) is 29.7 Å². The summed E-state index contributed by atoms with van der Waals surface area (Å²) >= 11 is 1.42. The minimum Gasteiger partial charge on any atom is -0.390 e. The highest BCUT2D eigenvalue weighted by Crippen LogP contribution is 2.21. The Labute approximate surface area is 104 Å². The second-order valence-electron chi connectivity index (χ2n) is 4.31. The standard InChI is InChI=1S/C11H14N4OS/c1-11(2,16)7-17-10-13-9(14-15-10)8-4-3-5-12-6-8/h3-6,16H,7H2,1-2H3,(H,13,14,15). The Morgan fingerprint density at radius 3 is 2.94 bits per heavy atom. The molecule has 0 amide bonds. The third-order valence-electron chi connectivity index (χ3n) is 1.95. The zero-order valence-corrected chi connectivity index (χ0v) is 10.5. The van der Waals surface area contributed by atoms with Gasteiger partial charge in [0, 0.05) is 23.7 Å². The summed E-state index contributed by atoms with van der Waals surface area (Å²) in [6, 6.07) is 3.76. The first kappa shape index (κ1) is 12.1. The van der Waals surface area contributed by atoms with Crippen molar-refractivity contribution in [2.24, 2.45) is 0 Å². The largest absolute Gasteiger partial charge is 0.390 e. The molecule has 0 bridgehead atoms. The van der Waals surface area contributed by atoms with Gasteiger partial charge in [0.15, 0.2) is 5.82 Å². The van der Waals surface area contributed by atoms with Gasteiger partial charge in [-0.1, -0.05) is 11.8 Å². The van der Waals surface area contributed by atoms with Gasteiger partial charge in [0.25, 0.3) is 0 Å². The van der Waals surface area contributed by atoms with Gasteiger partial charge in [0.1, 0.15) is 0 Å². The molecule has 0 spiro atoms. The van der Waals surface area contributed by atoms with Gasteiger partial charge in [-0.05, 0) is 26.0 Å². The Bertz CT molecular complexity index is 478. The molecule has 6 heteroatoms. The monoisotopic (exact) mass is 250 g/mol. The maximum atomic E-state index is 9.61. The zero-order chi connectivity index (χ0) is 12.3. The van der Waals surface area contributed by atoms with Gasteiger partial charge in [-0.2, -0.15) is 0 Å². The van der Waals surface area contributed by atoms with Gasteiger partial charge in [-0.25, -0.2) is 4.98 Å². The van der Waals surface area contributed by atoms with Crippen molar-refractivity contribution in [2.75, 3.05) is 5.75 Å². The number of rotatable bonds is 4. The van der Waals surface area contributed by atoms with E-state index in [1.165, 1.54) is 11.8 Å². The van der Waals surface area contributed by atoms with E-state index in [-0.39, 0.29) is 0 Å². The quantitative estimate of drug-likeness (QED) is 0.808. The Balaban J connectivity index is 2.07. The second-order valence-corrected chi connectivity index (χ2v) is 5.25. The lowest BCUT2D eigenvalue weighted by atomic mass is 10.2. The number of aromatic amines is 1. The summed E-state index contributed by atoms with van der Waals surface area (Å²) in [6.45, 7) is 3.52. The first-order valence-corrected chi connectivity index (χ1v) is 6.21. The minimum atomic E-state index is -0.722. The molecule has 0 aliphatic heterocycles. The molecular weight excluding hydrogens is 236 g/mol. The fraction of sp³-hybridized carbons (Fsp3) is 0.364. The predicted molar refractivity (Wildman–Crippen MR) is 66.6 cm³/mol. The van der Waals surface area contributed by atoms with Crippen molar-refractivity contribution in [3.05, 3.63) is 24.5 Å². The van der Waals surface area contributed by atoms with Crippen molar-refractivity contribution >= 4 is 11.8 Å². The summed E-state index contributed by atoms with van der Waals surface area (Å²) in [5, 5.41) is 17.2. The van der Waals surface area contributed by atoms with Crippen molar-refractivity contribution in [3.8, 4) is 11.4 Å². The van der Waals surface area contributed by atoms with Crippen molar-refractivity contribution in [3.63, 3.8) is 0 Å². The summed E-state index contributed by atoms with van der Waals surface area (Å²) in [5.41, 5.74) is 0.176. The molecule has 2 N–H and O–H groups in total. The fourth-order valence-electron chi connectivity index (χ4n) is 1.18. The van der Waals surface area contributed by atoms with Crippen LogP contribution in [0.2, 0.25) is 0 Å². The van der Waals surface area contributed by atoms with Crippen LogP contribution in [0, 0.1) is 0 Å². The van der Waals surface area contributed by atoms with Crippen molar-refractivity contribution in [1.29, 1.82) is 0 Å². The van der Waals surface area contributed by atoms with Crippen molar-refractivity contribution < 1.29 is 5.11 Å². The molecule has 2 aromatic heterocycles. The van der Waals surface area contributed by atoms with E-state index in [4.69, 9.17) is 0 Å². The summed E-state index contributed by atoms with van der Waals surface area (Å²) in [6.07, 6.45) is 3.44. The van der Waals surface area contributed by atoms with E-state index in [9.17, 15) is 5.11 Å². The molecule has 2 aromatic rings. The van der Waals surface area contributed by atoms with E-state index in [1.54, 1.807) is 26.2 Å². The Hall–Kier alpha value is -1.40. The van der Waals surface area contributed by atoms with Gasteiger partial charge in [0.2, 0.25) is 5.16 Å². The first-order chi connectivity index (χ1) is 8.04. The zero-order valence-electron chi connectivity index (χ0n) is 9.71. The predicted octanol–water partition coefficient (Wildman–Crippen LogP) is 1.73. The Morgan fingerprint density at radius 1 is 1.47 bits per heavy atom. The smallest absolute Gasteiger partial charge is 0.208 e. The van der Waals surface area contributed by atoms with Crippen LogP contribution in [0.25, 0.3) is 11.4 Å². The Morgan fingerprint density at radius 2 is 2.29 bits per heavy atom. The SMILES string of the molecule is CC(C)(O)CSc1n[nH]c(-c2cccnc2)n1. The summed E-state index contributed by atoms with van der Waals surface area (Å²) < 4.78 is 0. The van der Waals surface area contributed by atoms with Crippen molar-refractivity contribution in [2.45, 2.75) is 24.6 Å². The highest BCUT2D eigenvalue weighted by atomic mass is 32.2. The fourth-order valence-corrected chi connectivity index (χ4v) is 1.93. The molecule has 2 rings (SSSR count). The number of nitrogens with one attached hydrogen (secondary N) is 1. The van der Waals surface area contributed by atoms with Crippen LogP contribution in [0.4, 0.5) is 0 Å². The highest BCUT2D eigenvalue weighted by molar-refractivity contribution is 7.99. The maximum Gasteiger partial charge on any atom is 0.208 e. The lowest BCUT2D eigenvalue weighted by molar-refractivity contribution is 0.107. The van der Waals surface area contributed by atoms with Crippen LogP contribution in [-0.4, -0.2) is 36.6 Å². The van der Waals surface area contributed by atoms with E-state index >= 15 is 0 Å². The topological polar surface area (TPSA) is 74.7 Å². The van der Waals surface area contributed by atoms with E-state index < -0.39 is 5.60 Å². The number of nitrogens with zero attached hydrogens (tertiary/aromatic N) is 3. The molecule has 0 saturated carbocycles. The van der Waals surface area contributed by atoms with E-state index in [1.807, 2.05) is 12.1 Å². The number of hydrogen-bond donors (Lipinski definition) is 2. The maximum absolute atomic E-state index is 9.61. The molecule has 0 unspecified atom stereocenters. The molecule has 2 heterocycles. The highest BCUT2D eigenvalue weighted by Gasteiger charge is 2.15. The molecule has 0 aromatic carbocycles. The van der Waals surface area contributed by atoms with Gasteiger partial charge < -0.3 is 5.11 Å². The third kappa shape index (κ3) is 3.54. The number of hydrogen-bond acceptors (Lipinski definition) is 5. The minimum absolute atomic E-state index is 0.553. The molecule has 5 nitrogen and oxygen atoms in total. The average Bonchev–Trinajstić information content (AvgIpc) is 2.75. The van der Waals surface area contributed by atoms with Crippen LogP contribution in [0.5, 0.6) is 0 Å². The molecule has 0 atom stereocenters. The van der Waals surface area contributed by atoms with Crippen LogP contribution < -0.4 is 0 Å². The molecule has 0 saturated heterocycles. The lowest BCUT2D eigenvalue weighted by Gasteiger charge is -2.14. The number of aromatic nitrogens is 4. The number of aliphatic hydroxyl groups is 1. The van der Waals surface area contributed by atoms with Crippen LogP contribution >= 0.6 is 11.8 Å². The second kappa shape index (κ2) is 4.85. The molecule has 0 aliphatic rings. The summed E-state index contributed by atoms with van der Waals surface area (Å²) in [7, 11) is 0.